The van der Waals surface area contributed by atoms with E-state index >= 15 is 0 Å². The van der Waals surface area contributed by atoms with Gasteiger partial charge in [0.05, 0.1) is 0 Å². The second-order valence-corrected chi connectivity index (χ2v) is 2.63. The van der Waals surface area contributed by atoms with E-state index in [9.17, 15) is 4.39 Å². The third-order valence-electron chi connectivity index (χ3n) is 1.66. The number of nitrogens with two attached hydrogens (primary N) is 1. The quantitative estimate of drug-likeness (QED) is 0.542. The zero-order chi connectivity index (χ0) is 7.72. The van der Waals surface area contributed by atoms with Crippen LogP contribution in [0.25, 0.3) is 0 Å². The average Bonchev–Trinajstić information content (AvgIpc) is 2.10. The Bertz CT molecular complexity index is 120. The van der Waals surface area contributed by atoms with Crippen LogP contribution in [0.1, 0.15) is 13.3 Å². The summed E-state index contributed by atoms with van der Waals surface area (Å²) in [6.45, 7) is 1.38. The lowest BCUT2D eigenvalue weighted by molar-refractivity contribution is -0.107. The standard InChI is InChI=1S/C6H12FNO2/c1-3(7)6-4(8)2-5(9)10-6/h3-6,9H,2,8H2,1H3/t3-,4-,5?,6-/m0/s1. The topological polar surface area (TPSA) is 55.5 Å². The van der Waals surface area contributed by atoms with Gasteiger partial charge in [0, 0.05) is 12.5 Å². The smallest absolute Gasteiger partial charge is 0.156 e. The van der Waals surface area contributed by atoms with Gasteiger partial charge in [-0.2, -0.15) is 0 Å². The predicted octanol–water partition coefficient (Wildman–Crippen LogP) is -0.221. The van der Waals surface area contributed by atoms with Crippen molar-refractivity contribution in [1.82, 2.24) is 0 Å². The average molecular weight is 149 g/mol. The molecule has 3 N–H and O–H groups in total. The Kier molecular flexibility index (Phi) is 2.23. The van der Waals surface area contributed by atoms with Crippen molar-refractivity contribution in [3.63, 3.8) is 0 Å². The summed E-state index contributed by atoms with van der Waals surface area (Å²) in [6.07, 6.45) is -2.28. The molecular formula is C6H12FNO2. The van der Waals surface area contributed by atoms with Crippen molar-refractivity contribution >= 4 is 0 Å². The summed E-state index contributed by atoms with van der Waals surface area (Å²) in [5.41, 5.74) is 5.45. The molecule has 0 saturated carbocycles. The predicted molar refractivity (Wildman–Crippen MR) is 34.0 cm³/mol. The van der Waals surface area contributed by atoms with Crippen LogP contribution in [0.4, 0.5) is 4.39 Å². The number of aliphatic hydroxyl groups excluding tert-OH is 1. The summed E-state index contributed by atoms with van der Waals surface area (Å²) >= 11 is 0. The molecule has 4 heteroatoms. The van der Waals surface area contributed by atoms with Crippen LogP contribution in [0.5, 0.6) is 0 Å². The van der Waals surface area contributed by atoms with Gasteiger partial charge in [-0.3, -0.25) is 0 Å². The van der Waals surface area contributed by atoms with E-state index in [4.69, 9.17) is 15.6 Å². The fourth-order valence-electron chi connectivity index (χ4n) is 1.15. The van der Waals surface area contributed by atoms with Crippen molar-refractivity contribution < 1.29 is 14.2 Å². The molecule has 0 bridgehead atoms. The Balaban J connectivity index is 2.46. The first-order valence-electron chi connectivity index (χ1n) is 3.34. The molecule has 1 rings (SSSR count). The summed E-state index contributed by atoms with van der Waals surface area (Å²) in [4.78, 5) is 0. The van der Waals surface area contributed by atoms with Crippen LogP contribution in [-0.2, 0) is 4.74 Å². The maximum Gasteiger partial charge on any atom is 0.156 e. The molecule has 1 saturated heterocycles. The SMILES string of the molecule is C[C@H](F)[C@@H]1OC(O)C[C@@H]1N. The zero-order valence-electron chi connectivity index (χ0n) is 5.83. The Morgan fingerprint density at radius 3 is 2.60 bits per heavy atom. The first-order valence-corrected chi connectivity index (χ1v) is 3.34. The molecule has 0 amide bonds. The molecule has 1 aliphatic heterocycles. The molecule has 0 aliphatic carbocycles. The zero-order valence-corrected chi connectivity index (χ0v) is 5.83. The van der Waals surface area contributed by atoms with E-state index in [1.807, 2.05) is 0 Å². The summed E-state index contributed by atoms with van der Waals surface area (Å²) in [5.74, 6) is 0. The minimum Gasteiger partial charge on any atom is -0.368 e. The van der Waals surface area contributed by atoms with Crippen LogP contribution in [0, 0.1) is 0 Å². The lowest BCUT2D eigenvalue weighted by Crippen LogP contribution is -2.36. The third kappa shape index (κ3) is 1.45. The second-order valence-electron chi connectivity index (χ2n) is 2.63. The number of halogens is 1. The fraction of sp³-hybridized carbons (Fsp3) is 1.00. The number of rotatable bonds is 1. The maximum absolute atomic E-state index is 12.5. The Morgan fingerprint density at radius 1 is 1.80 bits per heavy atom. The fourth-order valence-corrected chi connectivity index (χ4v) is 1.15. The van der Waals surface area contributed by atoms with E-state index in [-0.39, 0.29) is 6.04 Å². The lowest BCUT2D eigenvalue weighted by atomic mass is 10.1. The van der Waals surface area contributed by atoms with Gasteiger partial charge in [0.2, 0.25) is 0 Å². The van der Waals surface area contributed by atoms with Crippen LogP contribution in [0.15, 0.2) is 0 Å². The lowest BCUT2D eigenvalue weighted by Gasteiger charge is -2.14. The van der Waals surface area contributed by atoms with Gasteiger partial charge in [-0.1, -0.05) is 0 Å². The summed E-state index contributed by atoms with van der Waals surface area (Å²) in [7, 11) is 0. The highest BCUT2D eigenvalue weighted by atomic mass is 19.1. The Hall–Kier alpha value is -0.190. The van der Waals surface area contributed by atoms with E-state index in [0.29, 0.717) is 6.42 Å². The highest BCUT2D eigenvalue weighted by Crippen LogP contribution is 2.20. The first kappa shape index (κ1) is 7.91. The van der Waals surface area contributed by atoms with Crippen LogP contribution in [0.2, 0.25) is 0 Å². The van der Waals surface area contributed by atoms with Crippen molar-refractivity contribution in [2.75, 3.05) is 0 Å². The number of alkyl halides is 1. The largest absolute Gasteiger partial charge is 0.368 e. The molecule has 0 aromatic heterocycles. The van der Waals surface area contributed by atoms with Gasteiger partial charge in [0.1, 0.15) is 12.3 Å². The monoisotopic (exact) mass is 149 g/mol. The van der Waals surface area contributed by atoms with Crippen molar-refractivity contribution in [3.05, 3.63) is 0 Å². The van der Waals surface area contributed by atoms with Crippen molar-refractivity contribution in [1.29, 1.82) is 0 Å². The molecule has 1 fully saturated rings. The Morgan fingerprint density at radius 2 is 2.40 bits per heavy atom. The van der Waals surface area contributed by atoms with E-state index in [1.165, 1.54) is 6.92 Å². The van der Waals surface area contributed by atoms with Gasteiger partial charge < -0.3 is 15.6 Å². The number of hydrogen-bond acceptors (Lipinski definition) is 3. The van der Waals surface area contributed by atoms with Crippen LogP contribution >= 0.6 is 0 Å². The molecular weight excluding hydrogens is 137 g/mol. The molecule has 0 radical (unpaired) electrons. The van der Waals surface area contributed by atoms with Crippen molar-refractivity contribution in [2.24, 2.45) is 5.73 Å². The van der Waals surface area contributed by atoms with Gasteiger partial charge in [-0.05, 0) is 6.92 Å². The molecule has 3 nitrogen and oxygen atoms in total. The van der Waals surface area contributed by atoms with Crippen LogP contribution in [0.3, 0.4) is 0 Å². The van der Waals surface area contributed by atoms with E-state index in [1.54, 1.807) is 0 Å². The van der Waals surface area contributed by atoms with Crippen LogP contribution < -0.4 is 5.73 Å². The molecule has 10 heavy (non-hydrogen) atoms. The number of hydrogen-bond donors (Lipinski definition) is 2. The summed E-state index contributed by atoms with van der Waals surface area (Å²) < 4.78 is 17.3. The first-order chi connectivity index (χ1) is 4.61. The van der Waals surface area contributed by atoms with Crippen LogP contribution in [-0.4, -0.2) is 29.7 Å². The molecule has 0 spiro atoms. The minimum absolute atomic E-state index is 0.332. The molecule has 0 aromatic carbocycles. The van der Waals surface area contributed by atoms with E-state index in [2.05, 4.69) is 0 Å². The van der Waals surface area contributed by atoms with E-state index in [0.717, 1.165) is 0 Å². The number of ether oxygens (including phenoxy) is 1. The second kappa shape index (κ2) is 2.82. The summed E-state index contributed by atoms with van der Waals surface area (Å²) in [5, 5.41) is 8.85. The third-order valence-corrected chi connectivity index (χ3v) is 1.66. The molecule has 1 aliphatic rings. The minimum atomic E-state index is -1.10. The molecule has 1 heterocycles. The van der Waals surface area contributed by atoms with Gasteiger partial charge in [0.25, 0.3) is 0 Å². The summed E-state index contributed by atoms with van der Waals surface area (Å²) in [6, 6.07) is -0.366. The van der Waals surface area contributed by atoms with Gasteiger partial charge in [-0.25, -0.2) is 4.39 Å². The molecule has 0 aromatic rings. The highest BCUT2D eigenvalue weighted by Gasteiger charge is 2.35. The maximum atomic E-state index is 12.5. The number of aliphatic hydroxyl groups is 1. The molecule has 1 unspecified atom stereocenters. The van der Waals surface area contributed by atoms with Crippen molar-refractivity contribution in [3.8, 4) is 0 Å². The van der Waals surface area contributed by atoms with E-state index < -0.39 is 18.6 Å². The van der Waals surface area contributed by atoms with Gasteiger partial charge in [0.15, 0.2) is 6.29 Å². The molecule has 4 atom stereocenters. The molecule has 60 valence electrons. The van der Waals surface area contributed by atoms with Gasteiger partial charge in [-0.15, -0.1) is 0 Å². The van der Waals surface area contributed by atoms with Gasteiger partial charge >= 0.3 is 0 Å². The Labute approximate surface area is 59.0 Å². The highest BCUT2D eigenvalue weighted by molar-refractivity contribution is 4.84. The van der Waals surface area contributed by atoms with Crippen molar-refractivity contribution in [2.45, 2.75) is 38.0 Å². The normalized spacial score (nSPS) is 43.8.